The van der Waals surface area contributed by atoms with Gasteiger partial charge in [-0.3, -0.25) is 0 Å². The molecule has 0 amide bonds. The molecule has 2 unspecified atom stereocenters. The van der Waals surface area contributed by atoms with Gasteiger partial charge < -0.3 is 4.74 Å². The molecule has 4 aliphatic rings. The van der Waals surface area contributed by atoms with Crippen LogP contribution in [0.5, 0.6) is 0 Å². The summed E-state index contributed by atoms with van der Waals surface area (Å²) in [5, 5.41) is 0. The van der Waals surface area contributed by atoms with E-state index in [0.717, 1.165) is 0 Å². The number of hydrogen-bond acceptors (Lipinski definition) is 2. The number of ether oxygens (including phenoxy) is 1. The summed E-state index contributed by atoms with van der Waals surface area (Å²) in [6.45, 7) is 5.67. The van der Waals surface area contributed by atoms with Gasteiger partial charge in [-0.05, 0) is 34.8 Å². The minimum absolute atomic E-state index is 0.105. The van der Waals surface area contributed by atoms with E-state index in [4.69, 9.17) is 4.74 Å². The highest BCUT2D eigenvalue weighted by Gasteiger charge is 2.35. The van der Waals surface area contributed by atoms with Crippen molar-refractivity contribution in [1.29, 1.82) is 0 Å². The van der Waals surface area contributed by atoms with Crippen molar-refractivity contribution in [3.05, 3.63) is 94.7 Å². The van der Waals surface area contributed by atoms with Gasteiger partial charge in [0.2, 0.25) is 0 Å². The third-order valence-electron chi connectivity index (χ3n) is 4.72. The Labute approximate surface area is 136 Å². The standard InChI is InChI=1S/C21H18O2/c1-13(2)21(22)23-12-17-9-8-16-7-6-14-4-3-5-15-10-11-18(17)20(16)19(14)15/h3-11,17,19H,1,12H2,2H3. The summed E-state index contributed by atoms with van der Waals surface area (Å²) in [5.41, 5.74) is 6.98. The van der Waals surface area contributed by atoms with E-state index in [1.54, 1.807) is 6.92 Å². The first-order valence-electron chi connectivity index (χ1n) is 7.88. The maximum absolute atomic E-state index is 11.7. The Bertz CT molecular complexity index is 822. The second-order valence-electron chi connectivity index (χ2n) is 6.29. The van der Waals surface area contributed by atoms with E-state index < -0.39 is 0 Å². The van der Waals surface area contributed by atoms with Crippen molar-refractivity contribution in [3.8, 4) is 0 Å². The topological polar surface area (TPSA) is 26.3 Å². The normalized spacial score (nSPS) is 26.2. The quantitative estimate of drug-likeness (QED) is 0.578. The lowest BCUT2D eigenvalue weighted by Crippen LogP contribution is -2.26. The largest absolute Gasteiger partial charge is 0.461 e. The van der Waals surface area contributed by atoms with Gasteiger partial charge in [-0.15, -0.1) is 0 Å². The molecule has 0 aromatic rings. The Hall–Kier alpha value is -2.61. The SMILES string of the molecule is C=C(C)C(=O)OCC1C=CC2=C3C1=CC=C1C=CC=C(C=C2)C13. The lowest BCUT2D eigenvalue weighted by atomic mass is 9.67. The summed E-state index contributed by atoms with van der Waals surface area (Å²) >= 11 is 0. The second kappa shape index (κ2) is 5.24. The molecule has 0 saturated carbocycles. The van der Waals surface area contributed by atoms with Crippen molar-refractivity contribution >= 4 is 5.97 Å². The summed E-state index contributed by atoms with van der Waals surface area (Å²) in [4.78, 5) is 11.7. The highest BCUT2D eigenvalue weighted by Crippen LogP contribution is 2.47. The molecule has 2 atom stereocenters. The van der Waals surface area contributed by atoms with Crippen LogP contribution in [0.3, 0.4) is 0 Å². The molecule has 4 aliphatic carbocycles. The molecule has 4 rings (SSSR count). The molecule has 0 radical (unpaired) electrons. The van der Waals surface area contributed by atoms with Gasteiger partial charge >= 0.3 is 5.97 Å². The van der Waals surface area contributed by atoms with Crippen LogP contribution in [0.25, 0.3) is 0 Å². The maximum atomic E-state index is 11.7. The average Bonchev–Trinajstić information content (AvgIpc) is 2.58. The molecule has 0 bridgehead atoms. The van der Waals surface area contributed by atoms with E-state index >= 15 is 0 Å². The summed E-state index contributed by atoms with van der Waals surface area (Å²) in [7, 11) is 0. The molecular weight excluding hydrogens is 284 g/mol. The zero-order valence-corrected chi connectivity index (χ0v) is 13.1. The Balaban J connectivity index is 1.68. The number of rotatable bonds is 3. The van der Waals surface area contributed by atoms with Gasteiger partial charge in [-0.2, -0.15) is 0 Å². The first-order valence-corrected chi connectivity index (χ1v) is 7.88. The van der Waals surface area contributed by atoms with Gasteiger partial charge in [-0.1, -0.05) is 61.3 Å². The van der Waals surface area contributed by atoms with Crippen LogP contribution in [0.2, 0.25) is 0 Å². The van der Waals surface area contributed by atoms with Crippen molar-refractivity contribution in [2.75, 3.05) is 6.61 Å². The molecule has 0 aromatic heterocycles. The van der Waals surface area contributed by atoms with Crippen molar-refractivity contribution in [1.82, 2.24) is 0 Å². The Kier molecular flexibility index (Phi) is 3.19. The summed E-state index contributed by atoms with van der Waals surface area (Å²) in [6.07, 6.45) is 19.5. The first kappa shape index (κ1) is 14.0. The monoisotopic (exact) mass is 302 g/mol. The highest BCUT2D eigenvalue weighted by molar-refractivity contribution is 5.87. The molecule has 2 nitrogen and oxygen atoms in total. The van der Waals surface area contributed by atoms with Gasteiger partial charge in [0.05, 0.1) is 0 Å². The van der Waals surface area contributed by atoms with Crippen molar-refractivity contribution < 1.29 is 9.53 Å². The van der Waals surface area contributed by atoms with E-state index in [0.29, 0.717) is 18.1 Å². The summed E-state index contributed by atoms with van der Waals surface area (Å²) in [5.74, 6) is 0.105. The van der Waals surface area contributed by atoms with Crippen LogP contribution in [0.1, 0.15) is 6.92 Å². The van der Waals surface area contributed by atoms with Crippen LogP contribution in [0.4, 0.5) is 0 Å². The van der Waals surface area contributed by atoms with Crippen LogP contribution >= 0.6 is 0 Å². The van der Waals surface area contributed by atoms with Crippen molar-refractivity contribution in [2.24, 2.45) is 11.8 Å². The Morgan fingerprint density at radius 3 is 2.78 bits per heavy atom. The number of hydrogen-bond donors (Lipinski definition) is 0. The van der Waals surface area contributed by atoms with Crippen LogP contribution in [0, 0.1) is 11.8 Å². The molecule has 0 fully saturated rings. The second-order valence-corrected chi connectivity index (χ2v) is 6.29. The lowest BCUT2D eigenvalue weighted by molar-refractivity contribution is -0.139. The Morgan fingerprint density at radius 2 is 1.96 bits per heavy atom. The summed E-state index contributed by atoms with van der Waals surface area (Å²) in [6, 6.07) is 0. The smallest absolute Gasteiger partial charge is 0.333 e. The van der Waals surface area contributed by atoms with Gasteiger partial charge in [-0.25, -0.2) is 4.79 Å². The number of allylic oxidation sites excluding steroid dienone is 12. The van der Waals surface area contributed by atoms with Gasteiger partial charge in [0.1, 0.15) is 6.61 Å². The number of esters is 1. The Morgan fingerprint density at radius 1 is 1.13 bits per heavy atom. The predicted octanol–water partition coefficient (Wildman–Crippen LogP) is 4.14. The van der Waals surface area contributed by atoms with Crippen molar-refractivity contribution in [2.45, 2.75) is 6.92 Å². The van der Waals surface area contributed by atoms with Gasteiger partial charge in [0.15, 0.2) is 0 Å². The molecule has 2 heteroatoms. The van der Waals surface area contributed by atoms with Gasteiger partial charge in [0.25, 0.3) is 0 Å². The van der Waals surface area contributed by atoms with Gasteiger partial charge in [0, 0.05) is 17.4 Å². The minimum Gasteiger partial charge on any atom is -0.461 e. The molecule has 23 heavy (non-hydrogen) atoms. The van der Waals surface area contributed by atoms with E-state index in [-0.39, 0.29) is 11.9 Å². The van der Waals surface area contributed by atoms with Crippen LogP contribution in [-0.4, -0.2) is 12.6 Å². The predicted molar refractivity (Wildman–Crippen MR) is 91.4 cm³/mol. The van der Waals surface area contributed by atoms with Crippen LogP contribution in [0.15, 0.2) is 94.7 Å². The number of carbonyl (C=O) groups excluding carboxylic acids is 1. The van der Waals surface area contributed by atoms with Crippen molar-refractivity contribution in [3.63, 3.8) is 0 Å². The highest BCUT2D eigenvalue weighted by atomic mass is 16.5. The average molecular weight is 302 g/mol. The summed E-state index contributed by atoms with van der Waals surface area (Å²) < 4.78 is 5.39. The van der Waals surface area contributed by atoms with Crippen LogP contribution in [-0.2, 0) is 9.53 Å². The minimum atomic E-state index is -0.324. The van der Waals surface area contributed by atoms with Crippen LogP contribution < -0.4 is 0 Å². The zero-order valence-electron chi connectivity index (χ0n) is 13.1. The first-order chi connectivity index (χ1) is 11.1. The molecule has 114 valence electrons. The van der Waals surface area contributed by atoms with E-state index in [9.17, 15) is 4.79 Å². The molecular formula is C21H18O2. The van der Waals surface area contributed by atoms with E-state index in [1.807, 2.05) is 0 Å². The lowest BCUT2D eigenvalue weighted by Gasteiger charge is -2.37. The molecule has 0 aliphatic heterocycles. The van der Waals surface area contributed by atoms with E-state index in [1.165, 1.54) is 27.9 Å². The fraction of sp³-hybridized carbons (Fsp3) is 0.190. The molecule has 0 N–H and O–H groups in total. The van der Waals surface area contributed by atoms with E-state index in [2.05, 4.69) is 61.3 Å². The number of carbonyl (C=O) groups is 1. The maximum Gasteiger partial charge on any atom is 0.333 e. The third-order valence-corrected chi connectivity index (χ3v) is 4.72. The third kappa shape index (κ3) is 2.22. The fourth-order valence-corrected chi connectivity index (χ4v) is 3.57. The molecule has 0 heterocycles. The molecule has 0 aromatic carbocycles. The fourth-order valence-electron chi connectivity index (χ4n) is 3.57. The molecule has 0 saturated heterocycles. The zero-order chi connectivity index (χ0) is 16.0. The molecule has 0 spiro atoms.